The number of methoxy groups -OCH3 is 1. The quantitative estimate of drug-likeness (QED) is 0.219. The van der Waals surface area contributed by atoms with Crippen molar-refractivity contribution in [1.29, 1.82) is 0 Å². The summed E-state index contributed by atoms with van der Waals surface area (Å²) in [4.78, 5) is 11.9. The summed E-state index contributed by atoms with van der Waals surface area (Å²) in [5.41, 5.74) is 13.1. The fourth-order valence-corrected chi connectivity index (χ4v) is 5.52. The molecule has 216 valence electrons. The maximum Gasteiger partial charge on any atom is 0.227 e. The molecule has 3 heterocycles. The number of nitrogens with one attached hydrogen (secondary N) is 2. The van der Waals surface area contributed by atoms with Crippen LogP contribution in [-0.2, 0) is 24.3 Å². The minimum atomic E-state index is 0.438. The first kappa shape index (κ1) is 28.4. The molecule has 0 amide bonds. The highest BCUT2D eigenvalue weighted by molar-refractivity contribution is 5.97. The van der Waals surface area contributed by atoms with E-state index in [9.17, 15) is 0 Å². The Morgan fingerprint density at radius 1 is 1.22 bits per heavy atom. The van der Waals surface area contributed by atoms with E-state index in [2.05, 4.69) is 82.3 Å². The lowest BCUT2D eigenvalue weighted by molar-refractivity contribution is 0.0869. The molecule has 41 heavy (non-hydrogen) atoms. The predicted molar refractivity (Wildman–Crippen MR) is 167 cm³/mol. The van der Waals surface area contributed by atoms with E-state index in [0.717, 1.165) is 65.8 Å². The number of fused-ring (bicyclic) bond motifs is 3. The maximum atomic E-state index is 5.87. The lowest BCUT2D eigenvalue weighted by Gasteiger charge is -2.27. The number of ether oxygens (including phenoxy) is 2. The van der Waals surface area contributed by atoms with Gasteiger partial charge in [-0.25, -0.2) is 9.97 Å². The number of nitrogens with zero attached hydrogens (tertiary/aromatic N) is 4. The molecule has 0 spiro atoms. The lowest BCUT2D eigenvalue weighted by atomic mass is 10.1. The molecule has 0 atom stereocenters. The van der Waals surface area contributed by atoms with Gasteiger partial charge in [-0.05, 0) is 43.3 Å². The largest absolute Gasteiger partial charge is 0.494 e. The molecule has 0 unspecified atom stereocenters. The van der Waals surface area contributed by atoms with E-state index < -0.39 is 0 Å². The van der Waals surface area contributed by atoms with E-state index in [0.29, 0.717) is 31.6 Å². The zero-order chi connectivity index (χ0) is 28.8. The molecule has 0 aliphatic carbocycles. The van der Waals surface area contributed by atoms with Gasteiger partial charge in [0, 0.05) is 66.6 Å². The molecule has 9 nitrogen and oxygen atoms in total. The number of anilines is 3. The monoisotopic (exact) mass is 555 g/mol. The number of para-hydroxylation sites is 1. The van der Waals surface area contributed by atoms with Gasteiger partial charge in [0.1, 0.15) is 5.75 Å². The summed E-state index contributed by atoms with van der Waals surface area (Å²) in [6.45, 7) is 11.3. The molecule has 0 radical (unpaired) electrons. The standard InChI is InChI=1S/C32H41N7O2/c1-5-38(16-15-34-22(2)3)28-20-30(40-4)26(19-23(28)9-8-13-33)37-32-35-14-12-25(36-32)31-24-10-6-7-11-27(24)39-17-18-41-21-29(31)39/h6-8,10-14,19-20,22,34H,5,9,15-18,21,33H2,1-4H3,(H,35,36,37). The second-order valence-electron chi connectivity index (χ2n) is 10.4. The van der Waals surface area contributed by atoms with Crippen molar-refractivity contribution < 1.29 is 9.47 Å². The number of likely N-dealkylation sites (N-methyl/N-ethyl adjacent to an activating group) is 1. The maximum absolute atomic E-state index is 5.87. The predicted octanol–water partition coefficient (Wildman–Crippen LogP) is 5.22. The second-order valence-corrected chi connectivity index (χ2v) is 10.4. The van der Waals surface area contributed by atoms with E-state index in [-0.39, 0.29) is 0 Å². The van der Waals surface area contributed by atoms with Crippen LogP contribution < -0.4 is 26.0 Å². The van der Waals surface area contributed by atoms with Crippen LogP contribution in [-0.4, -0.2) is 53.9 Å². The zero-order valence-electron chi connectivity index (χ0n) is 24.5. The molecule has 4 aromatic rings. The van der Waals surface area contributed by atoms with Crippen molar-refractivity contribution in [2.45, 2.75) is 46.4 Å². The van der Waals surface area contributed by atoms with Crippen molar-refractivity contribution in [3.63, 3.8) is 0 Å². The average molecular weight is 556 g/mol. The third-order valence-corrected chi connectivity index (χ3v) is 7.47. The van der Waals surface area contributed by atoms with Gasteiger partial charge in [0.25, 0.3) is 0 Å². The molecule has 0 saturated heterocycles. The summed E-state index contributed by atoms with van der Waals surface area (Å²) >= 11 is 0. The van der Waals surface area contributed by atoms with Crippen LogP contribution in [0.5, 0.6) is 5.75 Å². The number of hydrogen-bond donors (Lipinski definition) is 3. The molecule has 0 bridgehead atoms. The topological polar surface area (TPSA) is 102 Å². The molecule has 1 aliphatic rings. The van der Waals surface area contributed by atoms with Gasteiger partial charge in [0.05, 0.1) is 37.4 Å². The van der Waals surface area contributed by atoms with Crippen molar-refractivity contribution in [2.24, 2.45) is 5.73 Å². The Hall–Kier alpha value is -4.08. The highest BCUT2D eigenvalue weighted by Gasteiger charge is 2.22. The summed E-state index contributed by atoms with van der Waals surface area (Å²) < 4.78 is 14.1. The normalized spacial score (nSPS) is 13.2. The SMILES string of the molecule is CCN(CCNC(C)C)c1cc(OC)c(Nc2nccc(-c3c4n(c5ccccc35)CCOC4)n2)cc1CC=CN. The first-order chi connectivity index (χ1) is 20.0. The molecule has 0 saturated carbocycles. The van der Waals surface area contributed by atoms with Crippen molar-refractivity contribution in [2.75, 3.05) is 43.6 Å². The van der Waals surface area contributed by atoms with E-state index in [1.54, 1.807) is 19.5 Å². The summed E-state index contributed by atoms with van der Waals surface area (Å²) in [6, 6.07) is 15.1. The molecule has 9 heteroatoms. The second kappa shape index (κ2) is 13.1. The summed E-state index contributed by atoms with van der Waals surface area (Å²) in [6.07, 6.45) is 6.06. The van der Waals surface area contributed by atoms with E-state index in [1.165, 1.54) is 10.9 Å². The number of allylic oxidation sites excluding steroid dienone is 1. The Kier molecular flexibility index (Phi) is 9.06. The van der Waals surface area contributed by atoms with Crippen molar-refractivity contribution >= 4 is 28.2 Å². The van der Waals surface area contributed by atoms with Crippen molar-refractivity contribution in [3.8, 4) is 17.0 Å². The fourth-order valence-electron chi connectivity index (χ4n) is 5.52. The molecule has 2 aromatic carbocycles. The van der Waals surface area contributed by atoms with Crippen LogP contribution in [0.25, 0.3) is 22.2 Å². The average Bonchev–Trinajstić information content (AvgIpc) is 3.33. The number of rotatable bonds is 12. The van der Waals surface area contributed by atoms with Gasteiger partial charge in [0.15, 0.2) is 0 Å². The number of aromatic nitrogens is 3. The Balaban J connectivity index is 1.50. The fraction of sp³-hybridized carbons (Fsp3) is 0.375. The van der Waals surface area contributed by atoms with Crippen LogP contribution in [0.1, 0.15) is 32.0 Å². The van der Waals surface area contributed by atoms with Crippen LogP contribution in [0.2, 0.25) is 0 Å². The third kappa shape index (κ3) is 6.16. The van der Waals surface area contributed by atoms with Gasteiger partial charge in [-0.3, -0.25) is 0 Å². The minimum absolute atomic E-state index is 0.438. The zero-order valence-corrected chi connectivity index (χ0v) is 24.5. The Morgan fingerprint density at radius 2 is 2.07 bits per heavy atom. The van der Waals surface area contributed by atoms with Crippen molar-refractivity contribution in [3.05, 3.63) is 72.2 Å². The van der Waals surface area contributed by atoms with Crippen LogP contribution in [0.15, 0.2) is 60.9 Å². The highest BCUT2D eigenvalue weighted by atomic mass is 16.5. The Labute approximate surface area is 242 Å². The Morgan fingerprint density at radius 3 is 2.85 bits per heavy atom. The molecular formula is C32H41N7O2. The number of hydrogen-bond acceptors (Lipinski definition) is 8. The van der Waals surface area contributed by atoms with Gasteiger partial charge in [-0.1, -0.05) is 38.1 Å². The van der Waals surface area contributed by atoms with Crippen LogP contribution in [0.4, 0.5) is 17.3 Å². The molecule has 0 fully saturated rings. The summed E-state index contributed by atoms with van der Waals surface area (Å²) in [5, 5.41) is 8.13. The van der Waals surface area contributed by atoms with E-state index >= 15 is 0 Å². The summed E-state index contributed by atoms with van der Waals surface area (Å²) in [7, 11) is 1.69. The highest BCUT2D eigenvalue weighted by Crippen LogP contribution is 2.38. The van der Waals surface area contributed by atoms with Crippen LogP contribution >= 0.6 is 0 Å². The van der Waals surface area contributed by atoms with Gasteiger partial charge in [-0.2, -0.15) is 0 Å². The number of benzene rings is 2. The van der Waals surface area contributed by atoms with Gasteiger partial charge in [0.2, 0.25) is 5.95 Å². The van der Waals surface area contributed by atoms with Gasteiger partial charge in [-0.15, -0.1) is 0 Å². The van der Waals surface area contributed by atoms with Gasteiger partial charge >= 0.3 is 0 Å². The lowest BCUT2D eigenvalue weighted by Crippen LogP contribution is -2.35. The molecule has 5 rings (SSSR count). The Bertz CT molecular complexity index is 1510. The minimum Gasteiger partial charge on any atom is -0.494 e. The third-order valence-electron chi connectivity index (χ3n) is 7.47. The number of nitrogens with two attached hydrogens (primary N) is 1. The summed E-state index contributed by atoms with van der Waals surface area (Å²) in [5.74, 6) is 1.23. The smallest absolute Gasteiger partial charge is 0.227 e. The van der Waals surface area contributed by atoms with Crippen LogP contribution in [0.3, 0.4) is 0 Å². The molecular weight excluding hydrogens is 514 g/mol. The van der Waals surface area contributed by atoms with Crippen molar-refractivity contribution in [1.82, 2.24) is 19.9 Å². The first-order valence-electron chi connectivity index (χ1n) is 14.4. The molecule has 2 aromatic heterocycles. The van der Waals surface area contributed by atoms with E-state index in [1.807, 2.05) is 12.1 Å². The first-order valence-corrected chi connectivity index (χ1v) is 14.4. The molecule has 1 aliphatic heterocycles. The molecule has 4 N–H and O–H groups in total. The van der Waals surface area contributed by atoms with Gasteiger partial charge < -0.3 is 35.3 Å². The van der Waals surface area contributed by atoms with Crippen LogP contribution in [0, 0.1) is 0 Å². The van der Waals surface area contributed by atoms with E-state index in [4.69, 9.17) is 20.2 Å².